The van der Waals surface area contributed by atoms with Crippen molar-refractivity contribution in [3.8, 4) is 11.3 Å². The van der Waals surface area contributed by atoms with E-state index in [9.17, 15) is 14.9 Å². The number of aromatic nitrogens is 2. The molecule has 2 rings (SSSR count). The molecule has 0 saturated heterocycles. The number of halogens is 1. The molecule has 120 valence electrons. The molecule has 0 bridgehead atoms. The van der Waals surface area contributed by atoms with Crippen molar-refractivity contribution in [2.75, 3.05) is 0 Å². The highest BCUT2D eigenvalue weighted by Crippen LogP contribution is 2.29. The van der Waals surface area contributed by atoms with E-state index in [4.69, 9.17) is 16.7 Å². The normalized spacial score (nSPS) is 11.1. The Balaban J connectivity index is 2.33. The summed E-state index contributed by atoms with van der Waals surface area (Å²) in [6, 6.07) is 4.53. The third kappa shape index (κ3) is 3.72. The molecule has 0 aliphatic rings. The summed E-state index contributed by atoms with van der Waals surface area (Å²) in [5.74, 6) is 0. The lowest BCUT2D eigenvalue weighted by Crippen LogP contribution is -2.40. The third-order valence-corrected chi connectivity index (χ3v) is 3.42. The van der Waals surface area contributed by atoms with E-state index < -0.39 is 16.6 Å². The lowest BCUT2D eigenvalue weighted by molar-refractivity contribution is -0.385. The van der Waals surface area contributed by atoms with E-state index in [2.05, 4.69) is 15.3 Å². The second-order valence-electron chi connectivity index (χ2n) is 5.27. The predicted molar refractivity (Wildman–Crippen MR) is 83.3 cm³/mol. The van der Waals surface area contributed by atoms with Crippen LogP contribution in [0.5, 0.6) is 0 Å². The van der Waals surface area contributed by atoms with Gasteiger partial charge in [-0.2, -0.15) is 0 Å². The molecular weight excluding hydrogens is 324 g/mol. The summed E-state index contributed by atoms with van der Waals surface area (Å²) >= 11 is 6.02. The van der Waals surface area contributed by atoms with E-state index in [0.29, 0.717) is 17.0 Å². The number of rotatable bonds is 4. The van der Waals surface area contributed by atoms with Gasteiger partial charge in [-0.05, 0) is 26.0 Å². The largest absolute Gasteiger partial charge is 0.465 e. The van der Waals surface area contributed by atoms with E-state index in [1.165, 1.54) is 12.3 Å². The number of carbonyl (C=O) groups is 1. The maximum absolute atomic E-state index is 10.8. The number of hydrogen-bond acceptors (Lipinski definition) is 5. The Morgan fingerprint density at radius 1 is 1.35 bits per heavy atom. The molecule has 2 aromatic rings. The number of nitrogens with zero attached hydrogens (tertiary/aromatic N) is 3. The lowest BCUT2D eigenvalue weighted by atomic mass is 9.99. The van der Waals surface area contributed by atoms with Crippen LogP contribution in [0.25, 0.3) is 11.3 Å². The van der Waals surface area contributed by atoms with Gasteiger partial charge in [0.2, 0.25) is 0 Å². The van der Waals surface area contributed by atoms with Crippen LogP contribution in [-0.4, -0.2) is 26.1 Å². The molecule has 2 N–H and O–H groups in total. The van der Waals surface area contributed by atoms with Gasteiger partial charge in [0.1, 0.15) is 6.20 Å². The molecular formula is C14H13ClN4O4. The van der Waals surface area contributed by atoms with Gasteiger partial charge in [0, 0.05) is 17.8 Å². The number of hydrogen-bond donors (Lipinski definition) is 2. The van der Waals surface area contributed by atoms with Gasteiger partial charge in [-0.25, -0.2) is 9.78 Å². The molecule has 1 amide bonds. The highest BCUT2D eigenvalue weighted by atomic mass is 35.5. The van der Waals surface area contributed by atoms with Crippen LogP contribution in [0.15, 0.2) is 30.6 Å². The summed E-state index contributed by atoms with van der Waals surface area (Å²) in [4.78, 5) is 29.1. The standard InChI is InChI=1S/C14H13ClN4O4/c1-14(2,18-13(20)21)11-4-3-8(6-16-11)12-10(15)5-9(7-17-12)19(22)23/h3-7,18H,1-2H3,(H,20,21). The summed E-state index contributed by atoms with van der Waals surface area (Å²) in [6.45, 7) is 3.36. The van der Waals surface area contributed by atoms with E-state index in [1.54, 1.807) is 26.0 Å². The Labute approximate surface area is 136 Å². The third-order valence-electron chi connectivity index (χ3n) is 3.13. The Bertz CT molecular complexity index is 762. The number of nitro groups is 1. The fraction of sp³-hybridized carbons (Fsp3) is 0.214. The van der Waals surface area contributed by atoms with Crippen LogP contribution < -0.4 is 5.32 Å². The van der Waals surface area contributed by atoms with Crippen molar-refractivity contribution in [1.29, 1.82) is 0 Å². The summed E-state index contributed by atoms with van der Waals surface area (Å²) < 4.78 is 0. The summed E-state index contributed by atoms with van der Waals surface area (Å²) in [6.07, 6.45) is 1.45. The van der Waals surface area contributed by atoms with Crippen molar-refractivity contribution in [1.82, 2.24) is 15.3 Å². The van der Waals surface area contributed by atoms with Crippen LogP contribution in [0, 0.1) is 10.1 Å². The Morgan fingerprint density at radius 2 is 2.04 bits per heavy atom. The lowest BCUT2D eigenvalue weighted by Gasteiger charge is -2.23. The van der Waals surface area contributed by atoms with Gasteiger partial charge in [0.25, 0.3) is 5.69 Å². The molecule has 2 heterocycles. The Hall–Kier alpha value is -2.74. The molecule has 8 nitrogen and oxygen atoms in total. The van der Waals surface area contributed by atoms with Gasteiger partial charge in [-0.3, -0.25) is 15.1 Å². The average molecular weight is 337 g/mol. The van der Waals surface area contributed by atoms with E-state index >= 15 is 0 Å². The summed E-state index contributed by atoms with van der Waals surface area (Å²) in [7, 11) is 0. The molecule has 0 spiro atoms. The molecule has 9 heteroatoms. The zero-order valence-electron chi connectivity index (χ0n) is 12.3. The molecule has 2 aromatic heterocycles. The van der Waals surface area contributed by atoms with E-state index in [-0.39, 0.29) is 10.7 Å². The number of nitrogens with one attached hydrogen (secondary N) is 1. The molecule has 0 fully saturated rings. The van der Waals surface area contributed by atoms with Gasteiger partial charge in [0.05, 0.1) is 26.9 Å². The molecule has 0 aliphatic heterocycles. The fourth-order valence-electron chi connectivity index (χ4n) is 1.98. The molecule has 0 unspecified atom stereocenters. The molecule has 0 saturated carbocycles. The van der Waals surface area contributed by atoms with Crippen LogP contribution in [0.4, 0.5) is 10.5 Å². The van der Waals surface area contributed by atoms with Gasteiger partial charge in [-0.1, -0.05) is 11.6 Å². The van der Waals surface area contributed by atoms with Crippen molar-refractivity contribution >= 4 is 23.4 Å². The first-order valence-electron chi connectivity index (χ1n) is 6.48. The van der Waals surface area contributed by atoms with Gasteiger partial charge in [-0.15, -0.1) is 0 Å². The van der Waals surface area contributed by atoms with Crippen LogP contribution >= 0.6 is 11.6 Å². The van der Waals surface area contributed by atoms with Crippen molar-refractivity contribution in [2.24, 2.45) is 0 Å². The molecule has 0 aliphatic carbocycles. The molecule has 0 atom stereocenters. The first-order valence-corrected chi connectivity index (χ1v) is 6.86. The summed E-state index contributed by atoms with van der Waals surface area (Å²) in [5, 5.41) is 22.0. The van der Waals surface area contributed by atoms with E-state index in [1.807, 2.05) is 0 Å². The molecule has 0 radical (unpaired) electrons. The number of amides is 1. The maximum Gasteiger partial charge on any atom is 0.405 e. The Morgan fingerprint density at radius 3 is 2.52 bits per heavy atom. The van der Waals surface area contributed by atoms with E-state index in [0.717, 1.165) is 6.20 Å². The first-order chi connectivity index (χ1) is 10.7. The highest BCUT2D eigenvalue weighted by Gasteiger charge is 2.24. The van der Waals surface area contributed by atoms with Gasteiger partial charge in [0.15, 0.2) is 0 Å². The smallest absolute Gasteiger partial charge is 0.405 e. The number of carboxylic acid groups (broad SMARTS) is 1. The van der Waals surface area contributed by atoms with Crippen LogP contribution in [0.1, 0.15) is 19.5 Å². The zero-order valence-corrected chi connectivity index (χ0v) is 13.0. The fourth-order valence-corrected chi connectivity index (χ4v) is 2.24. The first kappa shape index (κ1) is 16.6. The second-order valence-corrected chi connectivity index (χ2v) is 5.68. The minimum Gasteiger partial charge on any atom is -0.465 e. The van der Waals surface area contributed by atoms with Gasteiger partial charge >= 0.3 is 6.09 Å². The van der Waals surface area contributed by atoms with Crippen LogP contribution in [0.2, 0.25) is 5.02 Å². The predicted octanol–water partition coefficient (Wildman–Crippen LogP) is 3.21. The zero-order chi connectivity index (χ0) is 17.2. The number of pyridine rings is 2. The molecule has 0 aromatic carbocycles. The second kappa shape index (κ2) is 6.17. The van der Waals surface area contributed by atoms with Crippen molar-refractivity contribution in [3.05, 3.63) is 51.4 Å². The SMILES string of the molecule is CC(C)(NC(=O)O)c1ccc(-c2ncc([N+](=O)[O-])cc2Cl)cn1. The van der Waals surface area contributed by atoms with Crippen molar-refractivity contribution in [2.45, 2.75) is 19.4 Å². The Kier molecular flexibility index (Phi) is 4.46. The van der Waals surface area contributed by atoms with Gasteiger partial charge < -0.3 is 10.4 Å². The van der Waals surface area contributed by atoms with Crippen LogP contribution in [-0.2, 0) is 5.54 Å². The molecule has 23 heavy (non-hydrogen) atoms. The highest BCUT2D eigenvalue weighted by molar-refractivity contribution is 6.33. The van der Waals surface area contributed by atoms with Crippen molar-refractivity contribution in [3.63, 3.8) is 0 Å². The topological polar surface area (TPSA) is 118 Å². The maximum atomic E-state index is 10.8. The quantitative estimate of drug-likeness (QED) is 0.653. The van der Waals surface area contributed by atoms with Crippen LogP contribution in [0.3, 0.4) is 0 Å². The minimum absolute atomic E-state index is 0.136. The van der Waals surface area contributed by atoms with Crippen molar-refractivity contribution < 1.29 is 14.8 Å². The summed E-state index contributed by atoms with van der Waals surface area (Å²) in [5.41, 5.74) is 0.383. The average Bonchev–Trinajstić information content (AvgIpc) is 2.46. The minimum atomic E-state index is -1.15. The monoisotopic (exact) mass is 336 g/mol.